The zero-order valence-corrected chi connectivity index (χ0v) is 23.2. The van der Waals surface area contributed by atoms with Crippen molar-refractivity contribution in [2.75, 3.05) is 0 Å². The molecule has 5 unspecified atom stereocenters. The molecule has 0 spiro atoms. The summed E-state index contributed by atoms with van der Waals surface area (Å²) in [5, 5.41) is 0.687. The minimum absolute atomic E-state index is 0. The molecule has 1 aliphatic heterocycles. The van der Waals surface area contributed by atoms with Gasteiger partial charge in [-0.25, -0.2) is 0 Å². The molecule has 0 amide bonds. The van der Waals surface area contributed by atoms with Gasteiger partial charge >= 0.3 is 21.7 Å². The molecule has 5 atom stereocenters. The standard InChI is InChI=1S/C22H30NSSi.3CH3.Ti/c1-14-11-12-15-17(13-14)19-16-9-7-8-10-18(16)24-20(19)21(15)25(5,6)23-22(2,3)4;;;;/h7-13,15,17,19-21H,1-6H3;3*1H3;/q4*-1;+4. The van der Waals surface area contributed by atoms with E-state index in [-0.39, 0.29) is 49.5 Å². The van der Waals surface area contributed by atoms with E-state index in [9.17, 15) is 0 Å². The summed E-state index contributed by atoms with van der Waals surface area (Å²) in [6.07, 6.45) is 7.44. The number of fused-ring (bicyclic) bond motifs is 5. The van der Waals surface area contributed by atoms with E-state index < -0.39 is 8.24 Å². The second-order valence-corrected chi connectivity index (χ2v) is 15.0. The Kier molecular flexibility index (Phi) is 10.0. The van der Waals surface area contributed by atoms with Crippen LogP contribution in [0.15, 0.2) is 53.0 Å². The number of hydrogen-bond donors (Lipinski definition) is 0. The molecule has 1 fully saturated rings. The molecule has 0 bridgehead atoms. The summed E-state index contributed by atoms with van der Waals surface area (Å²) in [4.78, 5) is 6.94. The van der Waals surface area contributed by atoms with E-state index >= 15 is 0 Å². The molecule has 0 N–H and O–H groups in total. The first-order valence-electron chi connectivity index (χ1n) is 9.54. The number of rotatable bonds is 2. The summed E-state index contributed by atoms with van der Waals surface area (Å²) >= 11 is 2.15. The van der Waals surface area contributed by atoms with Crippen LogP contribution in [-0.4, -0.2) is 19.0 Å². The monoisotopic (exact) mass is 461 g/mol. The van der Waals surface area contributed by atoms with Crippen LogP contribution >= 0.6 is 11.8 Å². The van der Waals surface area contributed by atoms with Crippen molar-refractivity contribution >= 4 is 20.0 Å². The van der Waals surface area contributed by atoms with Crippen LogP contribution in [0.4, 0.5) is 0 Å². The van der Waals surface area contributed by atoms with Crippen molar-refractivity contribution in [3.63, 3.8) is 0 Å². The van der Waals surface area contributed by atoms with Gasteiger partial charge in [0.2, 0.25) is 0 Å². The molecule has 1 aromatic carbocycles. The predicted octanol–water partition coefficient (Wildman–Crippen LogP) is 8.10. The van der Waals surface area contributed by atoms with Crippen LogP contribution < -0.4 is 0 Å². The fraction of sp³-hybridized carbons (Fsp3) is 0.480. The second kappa shape index (κ2) is 10.0. The Bertz CT molecular complexity index is 749. The number of thioether (sulfide) groups is 1. The fourth-order valence-corrected chi connectivity index (χ4v) is 12.5. The zero-order valence-electron chi connectivity index (χ0n) is 19.8. The van der Waals surface area contributed by atoms with Gasteiger partial charge in [-0.2, -0.15) is 0 Å². The van der Waals surface area contributed by atoms with Crippen molar-refractivity contribution < 1.29 is 21.7 Å². The first-order valence-corrected chi connectivity index (χ1v) is 13.4. The van der Waals surface area contributed by atoms with Crippen LogP contribution in [0.5, 0.6) is 0 Å². The van der Waals surface area contributed by atoms with Crippen molar-refractivity contribution in [1.29, 1.82) is 0 Å². The molecular weight excluding hydrogens is 422 g/mol. The van der Waals surface area contributed by atoms with Crippen molar-refractivity contribution in [2.24, 2.45) is 11.8 Å². The van der Waals surface area contributed by atoms with Gasteiger partial charge in [-0.05, 0) is 35.9 Å². The molecule has 0 radical (unpaired) electrons. The van der Waals surface area contributed by atoms with E-state index in [4.69, 9.17) is 4.98 Å². The number of benzene rings is 1. The molecule has 1 nitrogen and oxygen atoms in total. The fourth-order valence-electron chi connectivity index (χ4n) is 5.58. The summed E-state index contributed by atoms with van der Waals surface area (Å²) in [5.74, 6) is 1.98. The van der Waals surface area contributed by atoms with E-state index in [1.54, 1.807) is 5.56 Å². The molecule has 0 saturated heterocycles. The van der Waals surface area contributed by atoms with Crippen LogP contribution in [0.25, 0.3) is 4.98 Å². The Morgan fingerprint density at radius 2 is 1.62 bits per heavy atom. The van der Waals surface area contributed by atoms with Gasteiger partial charge in [-0.3, -0.25) is 0 Å². The maximum Gasteiger partial charge on any atom is 4.00 e. The maximum absolute atomic E-state index is 5.43. The number of hydrogen-bond acceptors (Lipinski definition) is 1. The summed E-state index contributed by atoms with van der Waals surface area (Å²) in [6.45, 7) is 14.1. The topological polar surface area (TPSA) is 14.1 Å². The Hall–Kier alpha value is -0.0588. The number of nitrogens with zero attached hydrogens (tertiary/aromatic N) is 1. The Balaban J connectivity index is 0.00000196. The molecule has 4 heteroatoms. The van der Waals surface area contributed by atoms with Crippen molar-refractivity contribution in [3.05, 3.63) is 80.9 Å². The van der Waals surface area contributed by atoms with Crippen molar-refractivity contribution in [3.8, 4) is 0 Å². The summed E-state index contributed by atoms with van der Waals surface area (Å²) in [5.41, 5.74) is 3.79. The first-order chi connectivity index (χ1) is 11.7. The van der Waals surface area contributed by atoms with Crippen LogP contribution in [0.1, 0.15) is 39.2 Å². The third kappa shape index (κ3) is 5.23. The van der Waals surface area contributed by atoms with Gasteiger partial charge in [-0.15, -0.1) is 17.3 Å². The molecule has 1 heterocycles. The molecule has 1 aromatic rings. The quantitative estimate of drug-likeness (QED) is 0.320. The SMILES string of the molecule is CC1=CC2C(C=C1)C([Si](C)(C)[N-]C(C)(C)C)C1Sc3ccccc3C21.[CH3-].[CH3-].[CH3-].[Ti+4]. The van der Waals surface area contributed by atoms with Crippen LogP contribution in [0, 0.1) is 34.1 Å². The normalized spacial score (nSPS) is 29.0. The smallest absolute Gasteiger partial charge is 0.660 e. The van der Waals surface area contributed by atoms with Crippen molar-refractivity contribution in [1.82, 2.24) is 0 Å². The molecular formula is C25H39NSSiTi. The molecule has 1 saturated carbocycles. The van der Waals surface area contributed by atoms with E-state index in [0.717, 1.165) is 0 Å². The average molecular weight is 462 g/mol. The summed E-state index contributed by atoms with van der Waals surface area (Å²) < 4.78 is 0. The Labute approximate surface area is 201 Å². The third-order valence-electron chi connectivity index (χ3n) is 6.00. The van der Waals surface area contributed by atoms with E-state index in [1.807, 2.05) is 0 Å². The second-order valence-electron chi connectivity index (χ2n) is 9.53. The van der Waals surface area contributed by atoms with Gasteiger partial charge in [-0.1, -0.05) is 84.1 Å². The maximum atomic E-state index is 5.43. The average Bonchev–Trinajstić information content (AvgIpc) is 2.98. The predicted molar refractivity (Wildman–Crippen MR) is 132 cm³/mol. The molecule has 0 aromatic heterocycles. The summed E-state index contributed by atoms with van der Waals surface area (Å²) in [7, 11) is -1.74. The molecule has 4 rings (SSSR count). The Morgan fingerprint density at radius 1 is 1.00 bits per heavy atom. The van der Waals surface area contributed by atoms with Gasteiger partial charge in [0.25, 0.3) is 0 Å². The van der Waals surface area contributed by atoms with E-state index in [1.165, 1.54) is 10.5 Å². The van der Waals surface area contributed by atoms with Gasteiger partial charge in [0.15, 0.2) is 0 Å². The van der Waals surface area contributed by atoms with Gasteiger partial charge in [0, 0.05) is 16.1 Å². The summed E-state index contributed by atoms with van der Waals surface area (Å²) in [6, 6.07) is 9.13. The number of allylic oxidation sites excluding steroid dienone is 4. The van der Waals surface area contributed by atoms with Gasteiger partial charge in [0.1, 0.15) is 0 Å². The van der Waals surface area contributed by atoms with Crippen LogP contribution in [0.3, 0.4) is 0 Å². The van der Waals surface area contributed by atoms with Gasteiger partial charge in [0.05, 0.1) is 0 Å². The van der Waals surface area contributed by atoms with Crippen LogP contribution in [-0.2, 0) is 21.7 Å². The van der Waals surface area contributed by atoms with E-state index in [0.29, 0.717) is 28.5 Å². The molecule has 158 valence electrons. The molecule has 2 aliphatic carbocycles. The molecule has 29 heavy (non-hydrogen) atoms. The molecule has 3 aliphatic rings. The van der Waals surface area contributed by atoms with Crippen LogP contribution in [0.2, 0.25) is 18.6 Å². The minimum Gasteiger partial charge on any atom is -0.660 e. The third-order valence-corrected chi connectivity index (χ3v) is 11.3. The van der Waals surface area contributed by atoms with E-state index in [2.05, 4.69) is 95.0 Å². The van der Waals surface area contributed by atoms with Gasteiger partial charge < -0.3 is 27.3 Å². The zero-order chi connectivity index (χ0) is 18.0. The first kappa shape index (κ1) is 28.9. The van der Waals surface area contributed by atoms with Crippen molar-refractivity contribution in [2.45, 2.75) is 67.9 Å². The largest absolute Gasteiger partial charge is 4.00 e. The Morgan fingerprint density at radius 3 is 2.24 bits per heavy atom. The minimum atomic E-state index is -1.74.